The lowest BCUT2D eigenvalue weighted by molar-refractivity contribution is 0.271. The highest BCUT2D eigenvalue weighted by atomic mass is 16.3. The fourth-order valence-corrected chi connectivity index (χ4v) is 0.579. The first kappa shape index (κ1) is 10.1. The summed E-state index contributed by atoms with van der Waals surface area (Å²) in [7, 11) is 0. The molecule has 0 radical (unpaired) electrons. The fourth-order valence-electron chi connectivity index (χ4n) is 0.579. The van der Waals surface area contributed by atoms with E-state index in [2.05, 4.69) is 0 Å². The van der Waals surface area contributed by atoms with Crippen LogP contribution in [-0.4, -0.2) is 22.9 Å². The molecule has 2 nitrogen and oxygen atoms in total. The van der Waals surface area contributed by atoms with Gasteiger partial charge in [0.1, 0.15) is 0 Å². The zero-order valence-corrected chi connectivity index (χ0v) is 6.64. The SMILES string of the molecule is CC=CC(O)C=CC=CCO. The van der Waals surface area contributed by atoms with Crippen molar-refractivity contribution >= 4 is 0 Å². The second kappa shape index (κ2) is 7.25. The van der Waals surface area contributed by atoms with E-state index in [9.17, 15) is 0 Å². The van der Waals surface area contributed by atoms with Crippen LogP contribution in [0.15, 0.2) is 36.5 Å². The van der Waals surface area contributed by atoms with Crippen molar-refractivity contribution in [1.29, 1.82) is 0 Å². The predicted octanol–water partition coefficient (Wildman–Crippen LogP) is 1.03. The Morgan fingerprint density at radius 2 is 2.00 bits per heavy atom. The number of rotatable bonds is 4. The largest absolute Gasteiger partial charge is 0.392 e. The van der Waals surface area contributed by atoms with E-state index in [1.165, 1.54) is 0 Å². The Labute approximate surface area is 67.2 Å². The highest BCUT2D eigenvalue weighted by Crippen LogP contribution is 1.88. The molecule has 0 spiro atoms. The van der Waals surface area contributed by atoms with Gasteiger partial charge in [-0.05, 0) is 6.92 Å². The first-order chi connectivity index (χ1) is 5.31. The van der Waals surface area contributed by atoms with Crippen LogP contribution >= 0.6 is 0 Å². The minimum atomic E-state index is -0.525. The molecule has 0 aliphatic carbocycles. The Kier molecular flexibility index (Phi) is 6.68. The third-order valence-corrected chi connectivity index (χ3v) is 1.05. The number of aliphatic hydroxyl groups is 2. The summed E-state index contributed by atoms with van der Waals surface area (Å²) in [6, 6.07) is 0. The van der Waals surface area contributed by atoms with Crippen LogP contribution in [0.1, 0.15) is 6.92 Å². The van der Waals surface area contributed by atoms with E-state index >= 15 is 0 Å². The minimum Gasteiger partial charge on any atom is -0.392 e. The molecule has 62 valence electrons. The van der Waals surface area contributed by atoms with Crippen molar-refractivity contribution in [2.75, 3.05) is 6.61 Å². The van der Waals surface area contributed by atoms with Gasteiger partial charge >= 0.3 is 0 Å². The second-order valence-electron chi connectivity index (χ2n) is 2.01. The maximum atomic E-state index is 9.08. The fraction of sp³-hybridized carbons (Fsp3) is 0.333. The monoisotopic (exact) mass is 154 g/mol. The van der Waals surface area contributed by atoms with Gasteiger partial charge in [-0.3, -0.25) is 0 Å². The number of hydrogen-bond donors (Lipinski definition) is 2. The Morgan fingerprint density at radius 1 is 1.27 bits per heavy atom. The van der Waals surface area contributed by atoms with E-state index < -0.39 is 6.10 Å². The quantitative estimate of drug-likeness (QED) is 0.469. The molecule has 0 heterocycles. The van der Waals surface area contributed by atoms with Crippen molar-refractivity contribution in [1.82, 2.24) is 0 Å². The van der Waals surface area contributed by atoms with Crippen molar-refractivity contribution in [3.63, 3.8) is 0 Å². The van der Waals surface area contributed by atoms with Crippen LogP contribution in [0.2, 0.25) is 0 Å². The zero-order valence-electron chi connectivity index (χ0n) is 6.64. The summed E-state index contributed by atoms with van der Waals surface area (Å²) in [5.74, 6) is 0. The third kappa shape index (κ3) is 7.03. The van der Waals surface area contributed by atoms with Crippen molar-refractivity contribution < 1.29 is 10.2 Å². The van der Waals surface area contributed by atoms with Crippen LogP contribution in [0.4, 0.5) is 0 Å². The van der Waals surface area contributed by atoms with Crippen LogP contribution in [0, 0.1) is 0 Å². The minimum absolute atomic E-state index is 0.0318. The van der Waals surface area contributed by atoms with E-state index in [0.29, 0.717) is 0 Å². The summed E-state index contributed by atoms with van der Waals surface area (Å²) < 4.78 is 0. The van der Waals surface area contributed by atoms with Crippen LogP contribution in [0.3, 0.4) is 0 Å². The van der Waals surface area contributed by atoms with E-state index in [1.54, 1.807) is 36.5 Å². The van der Waals surface area contributed by atoms with Crippen LogP contribution < -0.4 is 0 Å². The number of allylic oxidation sites excluding steroid dienone is 3. The second-order valence-corrected chi connectivity index (χ2v) is 2.01. The number of aliphatic hydroxyl groups excluding tert-OH is 2. The molecule has 0 aliphatic rings. The Balaban J connectivity index is 3.64. The highest BCUT2D eigenvalue weighted by molar-refractivity contribution is 5.08. The maximum Gasteiger partial charge on any atom is 0.0905 e. The molecule has 0 saturated carbocycles. The summed E-state index contributed by atoms with van der Waals surface area (Å²) in [6.07, 6.45) is 9.54. The Morgan fingerprint density at radius 3 is 2.55 bits per heavy atom. The lowest BCUT2D eigenvalue weighted by Gasteiger charge is -1.92. The van der Waals surface area contributed by atoms with Gasteiger partial charge in [0, 0.05) is 0 Å². The van der Waals surface area contributed by atoms with Gasteiger partial charge in [0.2, 0.25) is 0 Å². The van der Waals surface area contributed by atoms with Gasteiger partial charge in [0.25, 0.3) is 0 Å². The first-order valence-electron chi connectivity index (χ1n) is 3.56. The molecule has 1 unspecified atom stereocenters. The van der Waals surface area contributed by atoms with Gasteiger partial charge in [-0.15, -0.1) is 0 Å². The first-order valence-corrected chi connectivity index (χ1v) is 3.56. The van der Waals surface area contributed by atoms with Crippen LogP contribution in [0.5, 0.6) is 0 Å². The molecule has 0 bridgehead atoms. The maximum absolute atomic E-state index is 9.08. The van der Waals surface area contributed by atoms with Gasteiger partial charge in [-0.2, -0.15) is 0 Å². The molecule has 0 aliphatic heterocycles. The molecule has 0 saturated heterocycles. The van der Waals surface area contributed by atoms with Gasteiger partial charge in [0.05, 0.1) is 12.7 Å². The highest BCUT2D eigenvalue weighted by Gasteiger charge is 1.85. The third-order valence-electron chi connectivity index (χ3n) is 1.05. The van der Waals surface area contributed by atoms with Gasteiger partial charge in [-0.25, -0.2) is 0 Å². The molecule has 0 aromatic rings. The molecule has 0 aromatic carbocycles. The average molecular weight is 154 g/mol. The Hall–Kier alpha value is -0.860. The van der Waals surface area contributed by atoms with Gasteiger partial charge < -0.3 is 10.2 Å². The Bertz CT molecular complexity index is 157. The van der Waals surface area contributed by atoms with Gasteiger partial charge in [0.15, 0.2) is 0 Å². The molecule has 0 fully saturated rings. The molecule has 0 aromatic heterocycles. The molecule has 0 amide bonds. The van der Waals surface area contributed by atoms with Crippen LogP contribution in [-0.2, 0) is 0 Å². The van der Waals surface area contributed by atoms with E-state index in [1.807, 2.05) is 6.92 Å². The summed E-state index contributed by atoms with van der Waals surface area (Å²) >= 11 is 0. The van der Waals surface area contributed by atoms with E-state index in [4.69, 9.17) is 10.2 Å². The van der Waals surface area contributed by atoms with Crippen LogP contribution in [0.25, 0.3) is 0 Å². The van der Waals surface area contributed by atoms with Crippen molar-refractivity contribution in [2.45, 2.75) is 13.0 Å². The normalized spacial score (nSPS) is 15.5. The topological polar surface area (TPSA) is 40.5 Å². The lowest BCUT2D eigenvalue weighted by atomic mass is 10.3. The molecule has 2 heteroatoms. The summed E-state index contributed by atoms with van der Waals surface area (Å²) in [4.78, 5) is 0. The zero-order chi connectivity index (χ0) is 8.53. The molecule has 1 atom stereocenters. The summed E-state index contributed by atoms with van der Waals surface area (Å²) in [5.41, 5.74) is 0. The molecular weight excluding hydrogens is 140 g/mol. The molecule has 0 rings (SSSR count). The van der Waals surface area contributed by atoms with Crippen molar-refractivity contribution in [3.8, 4) is 0 Å². The van der Waals surface area contributed by atoms with E-state index in [0.717, 1.165) is 0 Å². The molecule has 11 heavy (non-hydrogen) atoms. The smallest absolute Gasteiger partial charge is 0.0905 e. The summed E-state index contributed by atoms with van der Waals surface area (Å²) in [6.45, 7) is 1.88. The predicted molar refractivity (Wildman–Crippen MR) is 46.2 cm³/mol. The van der Waals surface area contributed by atoms with Crippen molar-refractivity contribution in [2.24, 2.45) is 0 Å². The molecular formula is C9H14O2. The van der Waals surface area contributed by atoms with Crippen molar-refractivity contribution in [3.05, 3.63) is 36.5 Å². The lowest BCUT2D eigenvalue weighted by Crippen LogP contribution is -1.94. The average Bonchev–Trinajstić information content (AvgIpc) is 1.99. The van der Waals surface area contributed by atoms with E-state index in [-0.39, 0.29) is 6.61 Å². The standard InChI is InChI=1S/C9H14O2/c1-2-6-9(11)7-4-3-5-8-10/h2-7,9-11H,8H2,1H3. The summed E-state index contributed by atoms with van der Waals surface area (Å²) in [5, 5.41) is 17.4. The van der Waals surface area contributed by atoms with Gasteiger partial charge in [-0.1, -0.05) is 36.5 Å². The molecule has 2 N–H and O–H groups in total. The number of hydrogen-bond acceptors (Lipinski definition) is 2.